The van der Waals surface area contributed by atoms with E-state index in [1.54, 1.807) is 35.7 Å². The molecular weight excluding hydrogens is 328 g/mol. The Hall–Kier alpha value is -1.66. The number of halogens is 1. The Bertz CT molecular complexity index is 598. The fourth-order valence-electron chi connectivity index (χ4n) is 1.61. The first kappa shape index (κ1) is 13.8. The third kappa shape index (κ3) is 3.42. The first-order valence-electron chi connectivity index (χ1n) is 5.47. The molecule has 0 saturated carbocycles. The summed E-state index contributed by atoms with van der Waals surface area (Å²) in [6.45, 7) is 0. The van der Waals surface area contributed by atoms with E-state index < -0.39 is 11.9 Å². The van der Waals surface area contributed by atoms with Gasteiger partial charge in [-0.2, -0.15) is 0 Å². The molecule has 19 heavy (non-hydrogen) atoms. The number of hydrogen-bond donors (Lipinski definition) is 2. The Kier molecular flexibility index (Phi) is 4.34. The van der Waals surface area contributed by atoms with Gasteiger partial charge in [-0.25, -0.2) is 0 Å². The van der Waals surface area contributed by atoms with Crippen LogP contribution in [0.25, 0.3) is 0 Å². The van der Waals surface area contributed by atoms with E-state index >= 15 is 0 Å². The molecule has 98 valence electrons. The molecule has 0 aliphatic heterocycles. The lowest BCUT2D eigenvalue weighted by Crippen LogP contribution is -2.37. The summed E-state index contributed by atoms with van der Waals surface area (Å²) in [6, 6.07) is 9.78. The van der Waals surface area contributed by atoms with Crippen LogP contribution in [-0.2, 0) is 4.79 Å². The molecule has 0 saturated heterocycles. The van der Waals surface area contributed by atoms with Gasteiger partial charge in [0.2, 0.25) is 5.91 Å². The van der Waals surface area contributed by atoms with Gasteiger partial charge in [0.05, 0.1) is 9.35 Å². The van der Waals surface area contributed by atoms with Crippen LogP contribution in [0, 0.1) is 0 Å². The second-order valence-corrected chi connectivity index (χ2v) is 6.15. The molecule has 0 unspecified atom stereocenters. The number of nitrogens with two attached hydrogens (primary N) is 1. The van der Waals surface area contributed by atoms with Gasteiger partial charge in [-0.15, -0.1) is 11.3 Å². The average molecular weight is 339 g/mol. The molecule has 2 rings (SSSR count). The number of thiophene rings is 1. The van der Waals surface area contributed by atoms with Gasteiger partial charge in [0.15, 0.2) is 0 Å². The molecule has 0 radical (unpaired) electrons. The number of rotatable bonds is 4. The lowest BCUT2D eigenvalue weighted by molar-refractivity contribution is -0.120. The summed E-state index contributed by atoms with van der Waals surface area (Å²) in [5.41, 5.74) is 6.50. The van der Waals surface area contributed by atoms with Crippen molar-refractivity contribution in [3.8, 4) is 0 Å². The highest BCUT2D eigenvalue weighted by Crippen LogP contribution is 2.21. The lowest BCUT2D eigenvalue weighted by atomic mass is 10.1. The maximum atomic E-state index is 12.0. The molecule has 2 aromatic rings. The third-order valence-corrected chi connectivity index (χ3v) is 4.03. The maximum absolute atomic E-state index is 12.0. The fourth-order valence-corrected chi connectivity index (χ4v) is 2.74. The summed E-state index contributed by atoms with van der Waals surface area (Å²) in [6.07, 6.45) is 0. The van der Waals surface area contributed by atoms with E-state index in [2.05, 4.69) is 21.2 Å². The van der Waals surface area contributed by atoms with Gasteiger partial charge < -0.3 is 11.1 Å². The van der Waals surface area contributed by atoms with Crippen LogP contribution in [0.1, 0.15) is 22.0 Å². The van der Waals surface area contributed by atoms with E-state index in [1.807, 2.05) is 6.07 Å². The van der Waals surface area contributed by atoms with E-state index in [4.69, 9.17) is 5.73 Å². The van der Waals surface area contributed by atoms with Crippen molar-refractivity contribution in [2.75, 3.05) is 0 Å². The van der Waals surface area contributed by atoms with Crippen LogP contribution in [0.15, 0.2) is 45.6 Å². The topological polar surface area (TPSA) is 72.2 Å². The molecule has 3 N–H and O–H groups in total. The summed E-state index contributed by atoms with van der Waals surface area (Å²) in [5.74, 6) is -0.913. The van der Waals surface area contributed by atoms with Crippen molar-refractivity contribution in [3.05, 3.63) is 56.7 Å². The zero-order valence-corrected chi connectivity index (χ0v) is 12.2. The SMILES string of the molecule is NC(=O)[C@@H](NC(=O)c1csc(Br)c1)c1ccccc1. The number of nitrogens with one attached hydrogen (secondary N) is 1. The standard InChI is InChI=1S/C13H11BrN2O2S/c14-10-6-9(7-19-10)13(18)16-11(12(15)17)8-4-2-1-3-5-8/h1-7,11H,(H2,15,17)(H,16,18)/t11-/m0/s1. The molecule has 1 aromatic heterocycles. The molecule has 4 nitrogen and oxygen atoms in total. The predicted octanol–water partition coefficient (Wildman–Crippen LogP) is 2.47. The Morgan fingerprint density at radius 1 is 1.26 bits per heavy atom. The van der Waals surface area contributed by atoms with Crippen molar-refractivity contribution < 1.29 is 9.59 Å². The Balaban J connectivity index is 2.18. The van der Waals surface area contributed by atoms with Crippen LogP contribution >= 0.6 is 27.3 Å². The predicted molar refractivity (Wildman–Crippen MR) is 77.9 cm³/mol. The minimum absolute atomic E-state index is 0.324. The fraction of sp³-hybridized carbons (Fsp3) is 0.0769. The van der Waals surface area contributed by atoms with Crippen LogP contribution in [0.5, 0.6) is 0 Å². The Morgan fingerprint density at radius 2 is 1.95 bits per heavy atom. The summed E-state index contributed by atoms with van der Waals surface area (Å²) >= 11 is 4.69. The second kappa shape index (κ2) is 5.99. The number of benzene rings is 1. The van der Waals surface area contributed by atoms with Crippen molar-refractivity contribution in [2.45, 2.75) is 6.04 Å². The number of carbonyl (C=O) groups excluding carboxylic acids is 2. The average Bonchev–Trinajstić information content (AvgIpc) is 2.83. The van der Waals surface area contributed by atoms with Crippen molar-refractivity contribution in [3.63, 3.8) is 0 Å². The van der Waals surface area contributed by atoms with Gasteiger partial charge in [-0.1, -0.05) is 30.3 Å². The van der Waals surface area contributed by atoms with Crippen molar-refractivity contribution in [2.24, 2.45) is 5.73 Å². The zero-order valence-electron chi connectivity index (χ0n) is 9.80. The number of carbonyl (C=O) groups is 2. The van der Waals surface area contributed by atoms with Crippen molar-refractivity contribution in [1.29, 1.82) is 0 Å². The minimum atomic E-state index is -0.827. The minimum Gasteiger partial charge on any atom is -0.368 e. The largest absolute Gasteiger partial charge is 0.368 e. The first-order valence-corrected chi connectivity index (χ1v) is 7.14. The Labute approximate surface area is 122 Å². The van der Waals surface area contributed by atoms with Crippen LogP contribution in [0.2, 0.25) is 0 Å². The van der Waals surface area contributed by atoms with E-state index in [1.165, 1.54) is 11.3 Å². The molecule has 1 heterocycles. The normalized spacial score (nSPS) is 11.8. The molecule has 0 bridgehead atoms. The van der Waals surface area contributed by atoms with E-state index in [9.17, 15) is 9.59 Å². The van der Waals surface area contributed by atoms with Crippen molar-refractivity contribution in [1.82, 2.24) is 5.32 Å². The first-order chi connectivity index (χ1) is 9.08. The highest BCUT2D eigenvalue weighted by Gasteiger charge is 2.21. The van der Waals surface area contributed by atoms with Gasteiger partial charge in [-0.05, 0) is 27.6 Å². The van der Waals surface area contributed by atoms with Gasteiger partial charge in [0.25, 0.3) is 5.91 Å². The van der Waals surface area contributed by atoms with E-state index in [0.717, 1.165) is 3.79 Å². The molecule has 6 heteroatoms. The van der Waals surface area contributed by atoms with Gasteiger partial charge >= 0.3 is 0 Å². The van der Waals surface area contributed by atoms with Crippen molar-refractivity contribution >= 4 is 39.1 Å². The molecule has 1 atom stereocenters. The molecule has 0 aliphatic carbocycles. The second-order valence-electron chi connectivity index (χ2n) is 3.86. The summed E-state index contributed by atoms with van der Waals surface area (Å²) in [5, 5.41) is 4.35. The smallest absolute Gasteiger partial charge is 0.253 e. The van der Waals surface area contributed by atoms with Gasteiger partial charge in [0, 0.05) is 5.38 Å². The molecule has 0 aliphatic rings. The number of hydrogen-bond acceptors (Lipinski definition) is 3. The van der Waals surface area contributed by atoms with E-state index in [0.29, 0.717) is 11.1 Å². The van der Waals surface area contributed by atoms with E-state index in [-0.39, 0.29) is 5.91 Å². The maximum Gasteiger partial charge on any atom is 0.253 e. The van der Waals surface area contributed by atoms with Crippen LogP contribution in [0.4, 0.5) is 0 Å². The highest BCUT2D eigenvalue weighted by atomic mass is 79.9. The monoisotopic (exact) mass is 338 g/mol. The van der Waals surface area contributed by atoms with Crippen LogP contribution in [-0.4, -0.2) is 11.8 Å². The number of primary amides is 1. The summed E-state index contributed by atoms with van der Waals surface area (Å²) < 4.78 is 0.855. The van der Waals surface area contributed by atoms with Gasteiger partial charge in [0.1, 0.15) is 6.04 Å². The molecule has 1 aromatic carbocycles. The molecule has 0 spiro atoms. The molecular formula is C13H11BrN2O2S. The summed E-state index contributed by atoms with van der Waals surface area (Å²) in [4.78, 5) is 23.5. The lowest BCUT2D eigenvalue weighted by Gasteiger charge is -2.15. The summed E-state index contributed by atoms with van der Waals surface area (Å²) in [7, 11) is 0. The van der Waals surface area contributed by atoms with Gasteiger partial charge in [-0.3, -0.25) is 9.59 Å². The number of amides is 2. The third-order valence-electron chi connectivity index (χ3n) is 2.52. The molecule has 0 fully saturated rings. The van der Waals surface area contributed by atoms with Crippen LogP contribution in [0.3, 0.4) is 0 Å². The zero-order chi connectivity index (χ0) is 13.8. The molecule has 2 amide bonds. The van der Waals surface area contributed by atoms with Crippen LogP contribution < -0.4 is 11.1 Å². The quantitative estimate of drug-likeness (QED) is 0.898. The highest BCUT2D eigenvalue weighted by molar-refractivity contribution is 9.11. The Morgan fingerprint density at radius 3 is 2.47 bits per heavy atom.